The molecule has 1 N–H and O–H groups in total. The van der Waals surface area contributed by atoms with E-state index in [0.717, 1.165) is 22.6 Å². The summed E-state index contributed by atoms with van der Waals surface area (Å²) in [7, 11) is 0. The molecule has 1 aromatic heterocycles. The van der Waals surface area contributed by atoms with Crippen molar-refractivity contribution < 1.29 is 14.3 Å². The fourth-order valence-electron chi connectivity index (χ4n) is 1.65. The minimum Gasteiger partial charge on any atom is -0.478 e. The molecule has 3 nitrogen and oxygen atoms in total. The Kier molecular flexibility index (Phi) is 2.52. The van der Waals surface area contributed by atoms with Crippen molar-refractivity contribution in [3.05, 3.63) is 47.2 Å². The van der Waals surface area contributed by atoms with E-state index in [2.05, 4.69) is 0 Å². The largest absolute Gasteiger partial charge is 0.478 e. The summed E-state index contributed by atoms with van der Waals surface area (Å²) in [5, 5.41) is 8.85. The van der Waals surface area contributed by atoms with Gasteiger partial charge < -0.3 is 9.52 Å². The Morgan fingerprint density at radius 1 is 1.19 bits per heavy atom. The first-order valence-corrected chi connectivity index (χ1v) is 4.98. The molecule has 82 valence electrons. The number of aromatic carboxylic acids is 1. The molecule has 0 aliphatic rings. The molecule has 0 aliphatic heterocycles. The molecule has 0 amide bonds. The van der Waals surface area contributed by atoms with Gasteiger partial charge in [-0.3, -0.25) is 0 Å². The molecule has 0 saturated carbocycles. The minimum atomic E-state index is -0.912. The first kappa shape index (κ1) is 10.5. The third-order valence-electron chi connectivity index (χ3n) is 2.48. The number of carbonyl (C=O) groups is 1. The van der Waals surface area contributed by atoms with E-state index in [1.54, 1.807) is 18.2 Å². The zero-order valence-electron chi connectivity index (χ0n) is 9.15. The molecule has 3 heteroatoms. The summed E-state index contributed by atoms with van der Waals surface area (Å²) in [4.78, 5) is 10.8. The molecule has 2 rings (SSSR count). The van der Waals surface area contributed by atoms with Gasteiger partial charge in [-0.2, -0.15) is 0 Å². The Morgan fingerprint density at radius 3 is 2.44 bits per heavy atom. The van der Waals surface area contributed by atoms with E-state index in [1.165, 1.54) is 0 Å². The van der Waals surface area contributed by atoms with E-state index in [4.69, 9.17) is 9.52 Å². The van der Waals surface area contributed by atoms with Crippen LogP contribution in [0.15, 0.2) is 34.7 Å². The predicted molar refractivity (Wildman–Crippen MR) is 60.6 cm³/mol. The second kappa shape index (κ2) is 3.85. The SMILES string of the molecule is Cc1ccc(-c2ccc(C(=O)O)cc2C)o1. The molecule has 0 saturated heterocycles. The Bertz CT molecular complexity index is 538. The van der Waals surface area contributed by atoms with Gasteiger partial charge in [-0.25, -0.2) is 4.79 Å². The molecule has 1 heterocycles. The summed E-state index contributed by atoms with van der Waals surface area (Å²) in [5.41, 5.74) is 2.12. The number of carboxylic acid groups (broad SMARTS) is 1. The lowest BCUT2D eigenvalue weighted by atomic mass is 10.0. The lowest BCUT2D eigenvalue weighted by Crippen LogP contribution is -1.96. The molecule has 0 spiro atoms. The van der Waals surface area contributed by atoms with Crippen LogP contribution in [-0.2, 0) is 0 Å². The summed E-state index contributed by atoms with van der Waals surface area (Å²) >= 11 is 0. The normalized spacial score (nSPS) is 10.4. The van der Waals surface area contributed by atoms with E-state index in [0.29, 0.717) is 5.56 Å². The third kappa shape index (κ3) is 1.84. The Morgan fingerprint density at radius 2 is 1.94 bits per heavy atom. The van der Waals surface area contributed by atoms with Crippen molar-refractivity contribution in [3.8, 4) is 11.3 Å². The molecular formula is C13H12O3. The van der Waals surface area contributed by atoms with Gasteiger partial charge in [-0.1, -0.05) is 6.07 Å². The summed E-state index contributed by atoms with van der Waals surface area (Å²) in [6, 6.07) is 8.78. The molecule has 1 aromatic carbocycles. The Balaban J connectivity index is 2.47. The van der Waals surface area contributed by atoms with Crippen molar-refractivity contribution in [2.24, 2.45) is 0 Å². The number of carboxylic acids is 1. The summed E-state index contributed by atoms with van der Waals surface area (Å²) < 4.78 is 5.50. The van der Waals surface area contributed by atoms with Gasteiger partial charge in [0.25, 0.3) is 0 Å². The Labute approximate surface area is 93.3 Å². The van der Waals surface area contributed by atoms with Gasteiger partial charge in [0.05, 0.1) is 5.56 Å². The second-order valence-electron chi connectivity index (χ2n) is 3.75. The van der Waals surface area contributed by atoms with Gasteiger partial charge in [0.15, 0.2) is 0 Å². The van der Waals surface area contributed by atoms with Gasteiger partial charge >= 0.3 is 5.97 Å². The zero-order chi connectivity index (χ0) is 11.7. The number of hydrogen-bond acceptors (Lipinski definition) is 2. The van der Waals surface area contributed by atoms with Gasteiger partial charge in [-0.05, 0) is 43.7 Å². The first-order chi connectivity index (χ1) is 7.58. The van der Waals surface area contributed by atoms with Crippen molar-refractivity contribution in [2.45, 2.75) is 13.8 Å². The first-order valence-electron chi connectivity index (χ1n) is 4.98. The second-order valence-corrected chi connectivity index (χ2v) is 3.75. The highest BCUT2D eigenvalue weighted by Gasteiger charge is 2.09. The number of hydrogen-bond donors (Lipinski definition) is 1. The molecule has 0 aliphatic carbocycles. The zero-order valence-corrected chi connectivity index (χ0v) is 9.15. The van der Waals surface area contributed by atoms with Crippen LogP contribution < -0.4 is 0 Å². The van der Waals surface area contributed by atoms with Crippen LogP contribution in [-0.4, -0.2) is 11.1 Å². The number of furan rings is 1. The monoisotopic (exact) mass is 216 g/mol. The number of benzene rings is 1. The fourth-order valence-corrected chi connectivity index (χ4v) is 1.65. The summed E-state index contributed by atoms with van der Waals surface area (Å²) in [6.07, 6.45) is 0. The molecule has 16 heavy (non-hydrogen) atoms. The van der Waals surface area contributed by atoms with Crippen LogP contribution in [0, 0.1) is 13.8 Å². The van der Waals surface area contributed by atoms with Gasteiger partial charge in [0.1, 0.15) is 11.5 Å². The summed E-state index contributed by atoms with van der Waals surface area (Å²) in [6.45, 7) is 3.75. The molecular weight excluding hydrogens is 204 g/mol. The average molecular weight is 216 g/mol. The fraction of sp³-hybridized carbons (Fsp3) is 0.154. The smallest absolute Gasteiger partial charge is 0.335 e. The van der Waals surface area contributed by atoms with Crippen LogP contribution in [0.5, 0.6) is 0 Å². The summed E-state index contributed by atoms with van der Waals surface area (Å²) in [5.74, 6) is 0.703. The van der Waals surface area contributed by atoms with E-state index >= 15 is 0 Å². The van der Waals surface area contributed by atoms with Gasteiger partial charge in [-0.15, -0.1) is 0 Å². The van der Waals surface area contributed by atoms with Crippen molar-refractivity contribution >= 4 is 5.97 Å². The van der Waals surface area contributed by atoms with Crippen LogP contribution in [0.3, 0.4) is 0 Å². The predicted octanol–water partition coefficient (Wildman–Crippen LogP) is 3.26. The van der Waals surface area contributed by atoms with Crippen molar-refractivity contribution in [1.29, 1.82) is 0 Å². The minimum absolute atomic E-state index is 0.296. The highest BCUT2D eigenvalue weighted by atomic mass is 16.4. The molecule has 2 aromatic rings. The van der Waals surface area contributed by atoms with Crippen LogP contribution >= 0.6 is 0 Å². The van der Waals surface area contributed by atoms with Crippen molar-refractivity contribution in [3.63, 3.8) is 0 Å². The van der Waals surface area contributed by atoms with E-state index in [1.807, 2.05) is 26.0 Å². The van der Waals surface area contributed by atoms with Crippen molar-refractivity contribution in [1.82, 2.24) is 0 Å². The molecule has 0 radical (unpaired) electrons. The average Bonchev–Trinajstić information content (AvgIpc) is 2.64. The van der Waals surface area contributed by atoms with Crippen LogP contribution in [0.2, 0.25) is 0 Å². The maximum absolute atomic E-state index is 10.8. The number of aryl methyl sites for hydroxylation is 2. The van der Waals surface area contributed by atoms with E-state index in [-0.39, 0.29) is 0 Å². The standard InChI is InChI=1S/C13H12O3/c1-8-7-10(13(14)15)4-5-11(8)12-6-3-9(2)16-12/h3-7H,1-2H3,(H,14,15). The lowest BCUT2D eigenvalue weighted by Gasteiger charge is -2.03. The molecule has 0 fully saturated rings. The van der Waals surface area contributed by atoms with Gasteiger partial charge in [0, 0.05) is 5.56 Å². The van der Waals surface area contributed by atoms with Crippen LogP contribution in [0.1, 0.15) is 21.7 Å². The number of rotatable bonds is 2. The molecule has 0 unspecified atom stereocenters. The highest BCUT2D eigenvalue weighted by molar-refractivity contribution is 5.88. The quantitative estimate of drug-likeness (QED) is 0.838. The van der Waals surface area contributed by atoms with E-state index in [9.17, 15) is 4.79 Å². The topological polar surface area (TPSA) is 50.4 Å². The van der Waals surface area contributed by atoms with Crippen LogP contribution in [0.25, 0.3) is 11.3 Å². The van der Waals surface area contributed by atoms with E-state index < -0.39 is 5.97 Å². The maximum atomic E-state index is 10.8. The molecule has 0 atom stereocenters. The third-order valence-corrected chi connectivity index (χ3v) is 2.48. The molecule has 0 bridgehead atoms. The van der Waals surface area contributed by atoms with Crippen molar-refractivity contribution in [2.75, 3.05) is 0 Å². The van der Waals surface area contributed by atoms with Gasteiger partial charge in [0.2, 0.25) is 0 Å². The maximum Gasteiger partial charge on any atom is 0.335 e. The van der Waals surface area contributed by atoms with Crippen LogP contribution in [0.4, 0.5) is 0 Å². The Hall–Kier alpha value is -2.03. The lowest BCUT2D eigenvalue weighted by molar-refractivity contribution is 0.0697. The highest BCUT2D eigenvalue weighted by Crippen LogP contribution is 2.26.